The Labute approximate surface area is 103 Å². The average molecular weight is 231 g/mol. The van der Waals surface area contributed by atoms with Crippen molar-refractivity contribution in [3.8, 4) is 0 Å². The van der Waals surface area contributed by atoms with Crippen LogP contribution in [-0.4, -0.2) is 5.16 Å². The molecule has 2 heteroatoms. The molecule has 84 valence electrons. The van der Waals surface area contributed by atoms with Crippen LogP contribution in [0.3, 0.4) is 0 Å². The third kappa shape index (κ3) is 2.88. The first kappa shape index (κ1) is 12.8. The van der Waals surface area contributed by atoms with E-state index in [1.807, 2.05) is 6.08 Å². The summed E-state index contributed by atoms with van der Waals surface area (Å²) in [5.41, 5.74) is 4.79. The maximum absolute atomic E-state index is 4.70. The van der Waals surface area contributed by atoms with Gasteiger partial charge in [0.05, 0.1) is 10.8 Å². The Hall–Kier alpha value is -1.24. The molecular formula is C14H17NS. The standard InChI is InChI=1S/C14H17NS/c1-4-7-11-8-12(5-2)14(15-10-16)13(6-3)9-11/h4,8-9H,1,5-7H2,2-3H3. The van der Waals surface area contributed by atoms with E-state index in [1.165, 1.54) is 16.7 Å². The van der Waals surface area contributed by atoms with Gasteiger partial charge in [-0.3, -0.25) is 0 Å². The monoisotopic (exact) mass is 231 g/mol. The molecule has 0 fully saturated rings. The number of aliphatic imine (C=N–C) groups is 1. The molecule has 0 amide bonds. The van der Waals surface area contributed by atoms with Gasteiger partial charge in [0.25, 0.3) is 0 Å². The second-order valence-electron chi connectivity index (χ2n) is 3.67. The predicted molar refractivity (Wildman–Crippen MR) is 73.8 cm³/mol. The van der Waals surface area contributed by atoms with E-state index in [0.29, 0.717) is 0 Å². The first-order chi connectivity index (χ1) is 7.76. The average Bonchev–Trinajstić information content (AvgIpc) is 2.31. The van der Waals surface area contributed by atoms with Crippen LogP contribution in [0.2, 0.25) is 0 Å². The molecule has 0 saturated carbocycles. The van der Waals surface area contributed by atoms with E-state index in [-0.39, 0.29) is 0 Å². The van der Waals surface area contributed by atoms with Gasteiger partial charge in [-0.2, -0.15) is 4.99 Å². The minimum atomic E-state index is 0.904. The molecule has 0 N–H and O–H groups in total. The van der Waals surface area contributed by atoms with E-state index in [4.69, 9.17) is 12.2 Å². The summed E-state index contributed by atoms with van der Waals surface area (Å²) in [6.45, 7) is 8.04. The zero-order chi connectivity index (χ0) is 12.0. The second kappa shape index (κ2) is 6.37. The highest BCUT2D eigenvalue weighted by atomic mass is 32.1. The molecule has 1 nitrogen and oxygen atoms in total. The SMILES string of the molecule is C=CCc1cc(CC)c(N=C=S)c(CC)c1. The van der Waals surface area contributed by atoms with Crippen molar-refractivity contribution < 1.29 is 0 Å². The Balaban J connectivity index is 3.35. The van der Waals surface area contributed by atoms with E-state index < -0.39 is 0 Å². The summed E-state index contributed by atoms with van der Waals surface area (Å²) in [7, 11) is 0. The van der Waals surface area contributed by atoms with Crippen LogP contribution < -0.4 is 0 Å². The van der Waals surface area contributed by atoms with Gasteiger partial charge < -0.3 is 0 Å². The minimum absolute atomic E-state index is 0.904. The van der Waals surface area contributed by atoms with Crippen LogP contribution >= 0.6 is 12.2 Å². The number of thiocarbonyl (C=S) groups is 1. The molecule has 0 spiro atoms. The quantitative estimate of drug-likeness (QED) is 0.419. The van der Waals surface area contributed by atoms with Gasteiger partial charge in [0.2, 0.25) is 0 Å². The van der Waals surface area contributed by atoms with E-state index in [0.717, 1.165) is 24.9 Å². The summed E-state index contributed by atoms with van der Waals surface area (Å²) in [5, 5.41) is 2.47. The normalized spacial score (nSPS) is 9.62. The third-order valence-corrected chi connectivity index (χ3v) is 2.72. The third-order valence-electron chi connectivity index (χ3n) is 2.63. The van der Waals surface area contributed by atoms with Crippen molar-refractivity contribution in [1.29, 1.82) is 0 Å². The summed E-state index contributed by atoms with van der Waals surface area (Å²) in [6.07, 6.45) is 4.76. The maximum Gasteiger partial charge on any atom is 0.0803 e. The Morgan fingerprint density at radius 1 is 1.31 bits per heavy atom. The van der Waals surface area contributed by atoms with E-state index in [2.05, 4.69) is 42.7 Å². The Bertz CT molecular complexity index is 403. The lowest BCUT2D eigenvalue weighted by molar-refractivity contribution is 1.06. The van der Waals surface area contributed by atoms with Crippen molar-refractivity contribution in [2.45, 2.75) is 33.1 Å². The number of hydrogen-bond acceptors (Lipinski definition) is 2. The summed E-state index contributed by atoms with van der Waals surface area (Å²) in [4.78, 5) is 4.19. The number of nitrogens with zero attached hydrogens (tertiary/aromatic N) is 1. The molecule has 0 aliphatic rings. The molecule has 1 aromatic rings. The van der Waals surface area contributed by atoms with Crippen molar-refractivity contribution in [2.75, 3.05) is 0 Å². The van der Waals surface area contributed by atoms with Gasteiger partial charge in [-0.1, -0.05) is 32.1 Å². The number of hydrogen-bond donors (Lipinski definition) is 0. The van der Waals surface area contributed by atoms with Crippen molar-refractivity contribution in [3.63, 3.8) is 0 Å². The molecule has 0 radical (unpaired) electrons. The Kier molecular flexibility index (Phi) is 5.10. The molecular weight excluding hydrogens is 214 g/mol. The highest BCUT2D eigenvalue weighted by molar-refractivity contribution is 7.78. The van der Waals surface area contributed by atoms with Crippen LogP contribution in [0.5, 0.6) is 0 Å². The fraction of sp³-hybridized carbons (Fsp3) is 0.357. The van der Waals surface area contributed by atoms with Crippen LogP contribution in [0.4, 0.5) is 5.69 Å². The van der Waals surface area contributed by atoms with Crippen LogP contribution in [0.25, 0.3) is 0 Å². The molecule has 16 heavy (non-hydrogen) atoms. The zero-order valence-corrected chi connectivity index (χ0v) is 10.7. The number of isothiocyanates is 1. The first-order valence-corrected chi connectivity index (χ1v) is 6.01. The van der Waals surface area contributed by atoms with Crippen molar-refractivity contribution in [2.24, 2.45) is 4.99 Å². The molecule has 1 rings (SSSR count). The number of aryl methyl sites for hydroxylation is 2. The molecule has 0 unspecified atom stereocenters. The van der Waals surface area contributed by atoms with Crippen LogP contribution in [0.15, 0.2) is 29.8 Å². The predicted octanol–water partition coefficient (Wildman–Crippen LogP) is 4.27. The highest BCUT2D eigenvalue weighted by Crippen LogP contribution is 2.27. The Morgan fingerprint density at radius 2 is 1.88 bits per heavy atom. The van der Waals surface area contributed by atoms with E-state index >= 15 is 0 Å². The van der Waals surface area contributed by atoms with E-state index in [9.17, 15) is 0 Å². The fourth-order valence-corrected chi connectivity index (χ4v) is 1.94. The van der Waals surface area contributed by atoms with Crippen LogP contribution in [0, 0.1) is 0 Å². The van der Waals surface area contributed by atoms with Crippen molar-refractivity contribution >= 4 is 23.1 Å². The molecule has 0 aliphatic heterocycles. The molecule has 0 bridgehead atoms. The van der Waals surface area contributed by atoms with Crippen molar-refractivity contribution in [1.82, 2.24) is 0 Å². The largest absolute Gasteiger partial charge is 0.194 e. The summed E-state index contributed by atoms with van der Waals surface area (Å²) in [5.74, 6) is 0. The lowest BCUT2D eigenvalue weighted by atomic mass is 9.98. The van der Waals surface area contributed by atoms with Gasteiger partial charge in [-0.05, 0) is 48.2 Å². The van der Waals surface area contributed by atoms with Gasteiger partial charge in [0.1, 0.15) is 0 Å². The smallest absolute Gasteiger partial charge is 0.0803 e. The van der Waals surface area contributed by atoms with Crippen LogP contribution in [-0.2, 0) is 19.3 Å². The van der Waals surface area contributed by atoms with Gasteiger partial charge >= 0.3 is 0 Å². The summed E-state index contributed by atoms with van der Waals surface area (Å²) in [6, 6.07) is 4.37. The topological polar surface area (TPSA) is 12.4 Å². The van der Waals surface area contributed by atoms with Crippen LogP contribution in [0.1, 0.15) is 30.5 Å². The van der Waals surface area contributed by atoms with Gasteiger partial charge in [0, 0.05) is 0 Å². The first-order valence-electron chi connectivity index (χ1n) is 5.60. The molecule has 1 aromatic carbocycles. The number of benzene rings is 1. The lowest BCUT2D eigenvalue weighted by Gasteiger charge is -2.10. The minimum Gasteiger partial charge on any atom is -0.194 e. The van der Waals surface area contributed by atoms with Gasteiger partial charge in [-0.25, -0.2) is 0 Å². The van der Waals surface area contributed by atoms with Gasteiger partial charge in [-0.15, -0.1) is 6.58 Å². The van der Waals surface area contributed by atoms with Crippen molar-refractivity contribution in [3.05, 3.63) is 41.5 Å². The lowest BCUT2D eigenvalue weighted by Crippen LogP contribution is -1.93. The molecule has 0 heterocycles. The second-order valence-corrected chi connectivity index (χ2v) is 3.85. The zero-order valence-electron chi connectivity index (χ0n) is 9.92. The molecule has 0 saturated heterocycles. The fourth-order valence-electron chi connectivity index (χ4n) is 1.84. The van der Waals surface area contributed by atoms with E-state index in [1.54, 1.807) is 0 Å². The Morgan fingerprint density at radius 3 is 2.25 bits per heavy atom. The summed E-state index contributed by atoms with van der Waals surface area (Å²) < 4.78 is 0. The molecule has 0 aliphatic carbocycles. The highest BCUT2D eigenvalue weighted by Gasteiger charge is 2.07. The van der Waals surface area contributed by atoms with Gasteiger partial charge in [0.15, 0.2) is 0 Å². The summed E-state index contributed by atoms with van der Waals surface area (Å²) >= 11 is 4.70. The number of rotatable bonds is 5. The maximum atomic E-state index is 4.70. The number of allylic oxidation sites excluding steroid dienone is 1. The molecule has 0 atom stereocenters. The molecule has 0 aromatic heterocycles.